The molecule has 0 fully saturated rings. The molecule has 0 bridgehead atoms. The van der Waals surface area contributed by atoms with Crippen molar-refractivity contribution in [2.24, 2.45) is 5.41 Å². The van der Waals surface area contributed by atoms with Gasteiger partial charge in [-0.25, -0.2) is 0 Å². The van der Waals surface area contributed by atoms with Crippen molar-refractivity contribution in [3.05, 3.63) is 0 Å². The minimum Gasteiger partial charge on any atom is -0.351 e. The van der Waals surface area contributed by atoms with Gasteiger partial charge >= 0.3 is 0 Å². The lowest BCUT2D eigenvalue weighted by atomic mass is 9.94. The molecule has 0 radical (unpaired) electrons. The zero-order chi connectivity index (χ0) is 10.5. The first-order chi connectivity index (χ1) is 5.94. The van der Waals surface area contributed by atoms with Gasteiger partial charge in [0.25, 0.3) is 0 Å². The first-order valence-electron chi connectivity index (χ1n) is 4.15. The van der Waals surface area contributed by atoms with Crippen molar-refractivity contribution in [3.63, 3.8) is 0 Å². The number of thioether (sulfide) groups is 1. The Labute approximate surface area is 83.9 Å². The Morgan fingerprint density at radius 2 is 2.23 bits per heavy atom. The number of amides is 1. The molecule has 0 aliphatic rings. The lowest BCUT2D eigenvalue weighted by Gasteiger charge is -2.19. The Kier molecular flexibility index (Phi) is 4.86. The van der Waals surface area contributed by atoms with Gasteiger partial charge < -0.3 is 5.32 Å². The lowest BCUT2D eigenvalue weighted by Crippen LogP contribution is -2.42. The molecule has 0 aliphatic carbocycles. The maximum Gasteiger partial charge on any atom is 0.240 e. The average Bonchev–Trinajstić information content (AvgIpc) is 2.04. The highest BCUT2D eigenvalue weighted by molar-refractivity contribution is 7.98. The molecule has 0 spiro atoms. The van der Waals surface area contributed by atoms with Crippen LogP contribution in [0.2, 0.25) is 0 Å². The van der Waals surface area contributed by atoms with Crippen LogP contribution in [-0.4, -0.2) is 24.0 Å². The molecule has 0 heterocycles. The molecule has 1 unspecified atom stereocenters. The molecule has 3 nitrogen and oxygen atoms in total. The Hall–Kier alpha value is -0.690. The number of hydrogen-bond donors (Lipinski definition) is 1. The van der Waals surface area contributed by atoms with Crippen LogP contribution in [-0.2, 0) is 4.79 Å². The van der Waals surface area contributed by atoms with Crippen LogP contribution in [0.4, 0.5) is 0 Å². The number of carbonyl (C=O) groups is 1. The molecule has 13 heavy (non-hydrogen) atoms. The fourth-order valence-corrected chi connectivity index (χ4v) is 1.33. The summed E-state index contributed by atoms with van der Waals surface area (Å²) in [6.45, 7) is 5.17. The van der Waals surface area contributed by atoms with Crippen LogP contribution in [0.3, 0.4) is 0 Å². The minimum atomic E-state index is -0.924. The fourth-order valence-electron chi connectivity index (χ4n) is 0.747. The molecule has 1 atom stereocenters. The predicted molar refractivity (Wildman–Crippen MR) is 55.4 cm³/mol. The zero-order valence-corrected chi connectivity index (χ0v) is 9.36. The summed E-state index contributed by atoms with van der Waals surface area (Å²) in [4.78, 5) is 11.4. The molecular formula is C9H16N2OS. The first kappa shape index (κ1) is 12.3. The van der Waals surface area contributed by atoms with Crippen molar-refractivity contribution in [3.8, 4) is 6.07 Å². The number of nitrogens with zero attached hydrogens (tertiary/aromatic N) is 1. The van der Waals surface area contributed by atoms with Crippen molar-refractivity contribution >= 4 is 17.7 Å². The number of rotatable bonds is 4. The Morgan fingerprint density at radius 3 is 2.62 bits per heavy atom. The van der Waals surface area contributed by atoms with Crippen LogP contribution in [0, 0.1) is 16.7 Å². The van der Waals surface area contributed by atoms with Crippen LogP contribution < -0.4 is 5.32 Å². The van der Waals surface area contributed by atoms with E-state index >= 15 is 0 Å². The largest absolute Gasteiger partial charge is 0.351 e. The normalized spacial score (nSPS) is 13.2. The van der Waals surface area contributed by atoms with Gasteiger partial charge in [-0.1, -0.05) is 0 Å². The van der Waals surface area contributed by atoms with Gasteiger partial charge in [-0.2, -0.15) is 17.0 Å². The number of carbonyl (C=O) groups excluding carboxylic acids is 1. The third-order valence-electron chi connectivity index (χ3n) is 1.64. The maximum absolute atomic E-state index is 11.4. The Balaban J connectivity index is 4.09. The van der Waals surface area contributed by atoms with Gasteiger partial charge in [-0.05, 0) is 27.0 Å². The summed E-state index contributed by atoms with van der Waals surface area (Å²) >= 11 is 1.67. The van der Waals surface area contributed by atoms with Gasteiger partial charge in [-0.3, -0.25) is 4.79 Å². The van der Waals surface area contributed by atoms with E-state index in [1.165, 1.54) is 0 Å². The van der Waals surface area contributed by atoms with Gasteiger partial charge in [0.05, 0.1) is 6.07 Å². The lowest BCUT2D eigenvalue weighted by molar-refractivity contribution is -0.127. The predicted octanol–water partition coefficient (Wildman–Crippen LogP) is 1.40. The summed E-state index contributed by atoms with van der Waals surface area (Å²) in [6.07, 6.45) is 1.98. The summed E-state index contributed by atoms with van der Waals surface area (Å²) in [6, 6.07) is 2.09. The van der Waals surface area contributed by atoms with E-state index in [0.717, 1.165) is 5.75 Å². The zero-order valence-electron chi connectivity index (χ0n) is 8.55. The molecule has 0 aromatic rings. The number of hydrogen-bond acceptors (Lipinski definition) is 3. The molecule has 0 aliphatic heterocycles. The first-order valence-corrected chi connectivity index (χ1v) is 5.54. The monoisotopic (exact) mass is 200 g/mol. The molecule has 1 N–H and O–H groups in total. The highest BCUT2D eigenvalue weighted by Gasteiger charge is 2.27. The van der Waals surface area contributed by atoms with E-state index in [2.05, 4.69) is 5.32 Å². The van der Waals surface area contributed by atoms with E-state index < -0.39 is 5.41 Å². The molecule has 0 aromatic heterocycles. The van der Waals surface area contributed by atoms with Gasteiger partial charge in [0, 0.05) is 11.8 Å². The summed E-state index contributed by atoms with van der Waals surface area (Å²) in [5, 5.41) is 11.5. The molecular weight excluding hydrogens is 184 g/mol. The molecule has 1 amide bonds. The topological polar surface area (TPSA) is 52.9 Å². The van der Waals surface area contributed by atoms with Crippen molar-refractivity contribution in [1.82, 2.24) is 5.32 Å². The smallest absolute Gasteiger partial charge is 0.240 e. The van der Waals surface area contributed by atoms with Crippen LogP contribution in [0.5, 0.6) is 0 Å². The quantitative estimate of drug-likeness (QED) is 0.746. The number of nitrogens with one attached hydrogen (secondary N) is 1. The van der Waals surface area contributed by atoms with Gasteiger partial charge in [-0.15, -0.1) is 0 Å². The summed E-state index contributed by atoms with van der Waals surface area (Å²) < 4.78 is 0. The molecule has 0 aromatic carbocycles. The molecule has 4 heteroatoms. The Bertz CT molecular complexity index is 220. The fraction of sp³-hybridized carbons (Fsp3) is 0.778. The SMILES string of the molecule is CSCC(C)NC(=O)C(C)(C)C#N. The average molecular weight is 200 g/mol. The highest BCUT2D eigenvalue weighted by atomic mass is 32.2. The summed E-state index contributed by atoms with van der Waals surface area (Å²) in [5.74, 6) is 0.671. The molecule has 0 saturated carbocycles. The second-order valence-electron chi connectivity index (χ2n) is 3.57. The van der Waals surface area contributed by atoms with E-state index in [1.807, 2.05) is 19.2 Å². The second-order valence-corrected chi connectivity index (χ2v) is 4.48. The third-order valence-corrected chi connectivity index (χ3v) is 2.47. The second kappa shape index (κ2) is 5.13. The van der Waals surface area contributed by atoms with Crippen molar-refractivity contribution < 1.29 is 4.79 Å². The van der Waals surface area contributed by atoms with E-state index in [1.54, 1.807) is 25.6 Å². The van der Waals surface area contributed by atoms with Crippen LogP contribution in [0.1, 0.15) is 20.8 Å². The summed E-state index contributed by atoms with van der Waals surface area (Å²) in [5.41, 5.74) is -0.924. The van der Waals surface area contributed by atoms with E-state index in [4.69, 9.17) is 5.26 Å². The van der Waals surface area contributed by atoms with Gasteiger partial charge in [0.1, 0.15) is 5.41 Å². The number of nitriles is 1. The minimum absolute atomic E-state index is 0.120. The van der Waals surface area contributed by atoms with E-state index in [-0.39, 0.29) is 11.9 Å². The Morgan fingerprint density at radius 1 is 1.69 bits per heavy atom. The van der Waals surface area contributed by atoms with Gasteiger partial charge in [0.2, 0.25) is 5.91 Å². The van der Waals surface area contributed by atoms with Crippen molar-refractivity contribution in [1.29, 1.82) is 5.26 Å². The maximum atomic E-state index is 11.4. The third kappa shape index (κ3) is 4.18. The van der Waals surface area contributed by atoms with E-state index in [9.17, 15) is 4.79 Å². The van der Waals surface area contributed by atoms with Gasteiger partial charge in [0.15, 0.2) is 0 Å². The molecule has 74 valence electrons. The highest BCUT2D eigenvalue weighted by Crippen LogP contribution is 2.13. The van der Waals surface area contributed by atoms with Crippen LogP contribution >= 0.6 is 11.8 Å². The standard InChI is InChI=1S/C9H16N2OS/c1-7(5-13-4)11-8(12)9(2,3)6-10/h7H,5H2,1-4H3,(H,11,12). The summed E-state index contributed by atoms with van der Waals surface area (Å²) in [7, 11) is 0. The van der Waals surface area contributed by atoms with Crippen molar-refractivity contribution in [2.45, 2.75) is 26.8 Å². The van der Waals surface area contributed by atoms with Crippen LogP contribution in [0.25, 0.3) is 0 Å². The molecule has 0 rings (SSSR count). The van der Waals surface area contributed by atoms with Crippen LogP contribution in [0.15, 0.2) is 0 Å². The molecule has 0 saturated heterocycles. The van der Waals surface area contributed by atoms with E-state index in [0.29, 0.717) is 0 Å². The van der Waals surface area contributed by atoms with Crippen molar-refractivity contribution in [2.75, 3.05) is 12.0 Å².